The Morgan fingerprint density at radius 2 is 1.79 bits per heavy atom. The third-order valence-electron chi connectivity index (χ3n) is 4.84. The molecule has 0 atom stereocenters. The summed E-state index contributed by atoms with van der Waals surface area (Å²) >= 11 is 7.27. The zero-order valence-electron chi connectivity index (χ0n) is 18.5. The van der Waals surface area contributed by atoms with Gasteiger partial charge in [0.1, 0.15) is 18.1 Å². The van der Waals surface area contributed by atoms with Crippen LogP contribution in [0.2, 0.25) is 5.02 Å². The molecule has 34 heavy (non-hydrogen) atoms. The molecule has 0 radical (unpaired) electrons. The topological polar surface area (TPSA) is 78.3 Å². The molecule has 0 fully saturated rings. The molecule has 1 aromatic heterocycles. The number of methoxy groups -OCH3 is 1. The molecule has 7 nitrogen and oxygen atoms in total. The fourth-order valence-electron chi connectivity index (χ4n) is 3.16. The van der Waals surface area contributed by atoms with E-state index >= 15 is 0 Å². The number of halogens is 1. The fourth-order valence-corrected chi connectivity index (χ4v) is 4.05. The van der Waals surface area contributed by atoms with Crippen LogP contribution in [0.25, 0.3) is 0 Å². The minimum Gasteiger partial charge on any atom is -0.497 e. The van der Waals surface area contributed by atoms with Crippen molar-refractivity contribution in [3.8, 4) is 11.5 Å². The van der Waals surface area contributed by atoms with Crippen molar-refractivity contribution >= 4 is 35.0 Å². The maximum atomic E-state index is 12.5. The van der Waals surface area contributed by atoms with Gasteiger partial charge in [-0.25, -0.2) is 0 Å². The maximum absolute atomic E-state index is 12.5. The number of ether oxygens (including phenoxy) is 2. The average molecular weight is 495 g/mol. The standard InChI is InChI=1S/C25H23ClN4O3S/c1-32-22-9-5-8-20(14-22)27-24(31)17-34-25-29-28-23(16-33-21-12-10-19(26)11-13-21)30(25)15-18-6-3-2-4-7-18/h2-14H,15-17H2,1H3,(H,27,31). The van der Waals surface area contributed by atoms with Gasteiger partial charge in [-0.1, -0.05) is 59.8 Å². The third-order valence-corrected chi connectivity index (χ3v) is 6.06. The maximum Gasteiger partial charge on any atom is 0.234 e. The summed E-state index contributed by atoms with van der Waals surface area (Å²) < 4.78 is 13.1. The summed E-state index contributed by atoms with van der Waals surface area (Å²) in [5.74, 6) is 2.06. The Hall–Kier alpha value is -3.49. The highest BCUT2D eigenvalue weighted by Crippen LogP contribution is 2.22. The van der Waals surface area contributed by atoms with Crippen molar-refractivity contribution in [3.63, 3.8) is 0 Å². The summed E-state index contributed by atoms with van der Waals surface area (Å²) in [5.41, 5.74) is 1.77. The quantitative estimate of drug-likeness (QED) is 0.301. The van der Waals surface area contributed by atoms with Gasteiger partial charge in [-0.15, -0.1) is 10.2 Å². The van der Waals surface area contributed by atoms with Gasteiger partial charge in [0.25, 0.3) is 0 Å². The van der Waals surface area contributed by atoms with E-state index in [0.717, 1.165) is 5.56 Å². The van der Waals surface area contributed by atoms with Gasteiger partial charge < -0.3 is 14.8 Å². The number of carbonyl (C=O) groups is 1. The highest BCUT2D eigenvalue weighted by atomic mass is 35.5. The lowest BCUT2D eigenvalue weighted by Crippen LogP contribution is -2.15. The van der Waals surface area contributed by atoms with Gasteiger partial charge in [-0.3, -0.25) is 9.36 Å². The third kappa shape index (κ3) is 6.52. The number of nitrogens with zero attached hydrogens (tertiary/aromatic N) is 3. The molecule has 0 saturated heterocycles. The zero-order valence-corrected chi connectivity index (χ0v) is 20.1. The molecule has 0 spiro atoms. The van der Waals surface area contributed by atoms with Crippen molar-refractivity contribution in [2.45, 2.75) is 18.3 Å². The van der Waals surface area contributed by atoms with Crippen molar-refractivity contribution in [2.75, 3.05) is 18.2 Å². The van der Waals surface area contributed by atoms with Crippen LogP contribution >= 0.6 is 23.4 Å². The van der Waals surface area contributed by atoms with Crippen LogP contribution in [0, 0.1) is 0 Å². The molecule has 0 saturated carbocycles. The largest absolute Gasteiger partial charge is 0.497 e. The minimum absolute atomic E-state index is 0.147. The summed E-state index contributed by atoms with van der Waals surface area (Å²) in [6, 6.07) is 24.4. The molecule has 1 heterocycles. The van der Waals surface area contributed by atoms with Gasteiger partial charge in [-0.2, -0.15) is 0 Å². The molecule has 4 rings (SSSR count). The summed E-state index contributed by atoms with van der Waals surface area (Å²) in [6.45, 7) is 0.797. The van der Waals surface area contributed by atoms with Gasteiger partial charge >= 0.3 is 0 Å². The number of anilines is 1. The molecule has 0 aliphatic rings. The Bertz CT molecular complexity index is 1230. The molecule has 0 unspecified atom stereocenters. The number of carbonyl (C=O) groups excluding carboxylic acids is 1. The van der Waals surface area contributed by atoms with E-state index in [1.165, 1.54) is 11.8 Å². The van der Waals surface area contributed by atoms with Crippen LogP contribution in [-0.4, -0.2) is 33.5 Å². The van der Waals surface area contributed by atoms with Gasteiger partial charge in [0.2, 0.25) is 5.91 Å². The molecule has 1 N–H and O–H groups in total. The van der Waals surface area contributed by atoms with Crippen LogP contribution in [-0.2, 0) is 17.9 Å². The number of nitrogens with one attached hydrogen (secondary N) is 1. The molecular formula is C25H23ClN4O3S. The van der Waals surface area contributed by atoms with Crippen molar-refractivity contribution < 1.29 is 14.3 Å². The van der Waals surface area contributed by atoms with E-state index in [4.69, 9.17) is 21.1 Å². The number of rotatable bonds is 10. The van der Waals surface area contributed by atoms with E-state index in [-0.39, 0.29) is 18.3 Å². The summed E-state index contributed by atoms with van der Waals surface area (Å²) in [6.07, 6.45) is 0. The SMILES string of the molecule is COc1cccc(NC(=O)CSc2nnc(COc3ccc(Cl)cc3)n2Cc2ccccc2)c1. The van der Waals surface area contributed by atoms with Gasteiger partial charge in [0, 0.05) is 16.8 Å². The van der Waals surface area contributed by atoms with Crippen LogP contribution in [0.5, 0.6) is 11.5 Å². The minimum atomic E-state index is -0.147. The van der Waals surface area contributed by atoms with Gasteiger partial charge in [0.15, 0.2) is 11.0 Å². The monoisotopic (exact) mass is 494 g/mol. The predicted molar refractivity (Wildman–Crippen MR) is 134 cm³/mol. The van der Waals surface area contributed by atoms with Crippen LogP contribution in [0.4, 0.5) is 5.69 Å². The zero-order chi connectivity index (χ0) is 23.8. The first-order chi connectivity index (χ1) is 16.6. The normalized spacial score (nSPS) is 10.6. The highest BCUT2D eigenvalue weighted by molar-refractivity contribution is 7.99. The second-order valence-corrected chi connectivity index (χ2v) is 8.66. The van der Waals surface area contributed by atoms with E-state index < -0.39 is 0 Å². The number of aromatic nitrogens is 3. The Labute approximate surface area is 207 Å². The smallest absolute Gasteiger partial charge is 0.234 e. The number of benzene rings is 3. The lowest BCUT2D eigenvalue weighted by atomic mass is 10.2. The average Bonchev–Trinajstić information content (AvgIpc) is 3.24. The molecular weight excluding hydrogens is 472 g/mol. The second-order valence-electron chi connectivity index (χ2n) is 7.28. The number of amides is 1. The predicted octanol–water partition coefficient (Wildman–Crippen LogP) is 5.30. The van der Waals surface area contributed by atoms with Crippen molar-refractivity contribution in [2.24, 2.45) is 0 Å². The van der Waals surface area contributed by atoms with E-state index in [0.29, 0.717) is 39.7 Å². The molecule has 3 aromatic carbocycles. The first kappa shape index (κ1) is 23.7. The molecule has 0 aliphatic heterocycles. The number of hydrogen-bond donors (Lipinski definition) is 1. The lowest BCUT2D eigenvalue weighted by molar-refractivity contribution is -0.113. The van der Waals surface area contributed by atoms with Crippen LogP contribution < -0.4 is 14.8 Å². The van der Waals surface area contributed by atoms with Gasteiger partial charge in [0.05, 0.1) is 19.4 Å². The molecule has 9 heteroatoms. The molecule has 174 valence electrons. The number of hydrogen-bond acceptors (Lipinski definition) is 6. The fraction of sp³-hybridized carbons (Fsp3) is 0.160. The van der Waals surface area contributed by atoms with Crippen molar-refractivity contribution in [3.05, 3.63) is 95.3 Å². The van der Waals surface area contributed by atoms with E-state index in [1.54, 1.807) is 37.4 Å². The van der Waals surface area contributed by atoms with Crippen molar-refractivity contribution in [1.29, 1.82) is 0 Å². The van der Waals surface area contributed by atoms with Crippen LogP contribution in [0.15, 0.2) is 84.0 Å². The summed E-state index contributed by atoms with van der Waals surface area (Å²) in [4.78, 5) is 12.5. The van der Waals surface area contributed by atoms with Crippen LogP contribution in [0.1, 0.15) is 11.4 Å². The van der Waals surface area contributed by atoms with Crippen LogP contribution in [0.3, 0.4) is 0 Å². The van der Waals surface area contributed by atoms with E-state index in [9.17, 15) is 4.79 Å². The Balaban J connectivity index is 1.45. The molecule has 1 amide bonds. The lowest BCUT2D eigenvalue weighted by Gasteiger charge is -2.12. The van der Waals surface area contributed by atoms with Gasteiger partial charge in [-0.05, 0) is 42.0 Å². The van der Waals surface area contributed by atoms with Crippen molar-refractivity contribution in [1.82, 2.24) is 14.8 Å². The first-order valence-corrected chi connectivity index (χ1v) is 11.9. The summed E-state index contributed by atoms with van der Waals surface area (Å²) in [7, 11) is 1.59. The highest BCUT2D eigenvalue weighted by Gasteiger charge is 2.16. The Kier molecular flexibility index (Phi) is 8.06. The molecule has 0 aliphatic carbocycles. The molecule has 0 bridgehead atoms. The second kappa shape index (κ2) is 11.6. The molecule has 4 aromatic rings. The summed E-state index contributed by atoms with van der Waals surface area (Å²) in [5, 5.41) is 12.8. The Morgan fingerprint density at radius 3 is 2.56 bits per heavy atom. The Morgan fingerprint density at radius 1 is 1.00 bits per heavy atom. The number of thioether (sulfide) groups is 1. The first-order valence-electron chi connectivity index (χ1n) is 10.5. The van der Waals surface area contributed by atoms with E-state index in [1.807, 2.05) is 53.1 Å². The van der Waals surface area contributed by atoms with E-state index in [2.05, 4.69) is 15.5 Å².